The first-order valence-electron chi connectivity index (χ1n) is 16.3. The fraction of sp³-hybridized carbons (Fsp3) is 0.186. The number of fused-ring (bicyclic) bond motifs is 8. The van der Waals surface area contributed by atoms with Crippen LogP contribution in [0.25, 0.3) is 55.0 Å². The summed E-state index contributed by atoms with van der Waals surface area (Å²) < 4.78 is 4.79. The minimum absolute atomic E-state index is 0.0468. The van der Waals surface area contributed by atoms with Crippen molar-refractivity contribution in [2.75, 3.05) is 0 Å². The van der Waals surface area contributed by atoms with Crippen LogP contribution in [0.15, 0.2) is 115 Å². The van der Waals surface area contributed by atoms with Crippen LogP contribution in [0.2, 0.25) is 0 Å². The maximum absolute atomic E-state index is 14.3. The first-order valence-corrected chi connectivity index (χ1v) is 16.3. The van der Waals surface area contributed by atoms with Gasteiger partial charge < -0.3 is 9.13 Å². The van der Waals surface area contributed by atoms with E-state index in [1.807, 2.05) is 12.1 Å². The molecule has 46 heavy (non-hydrogen) atoms. The van der Waals surface area contributed by atoms with Gasteiger partial charge in [-0.25, -0.2) is 0 Å². The second-order valence-corrected chi connectivity index (χ2v) is 14.1. The number of hydrogen-bond acceptors (Lipinski definition) is 1. The van der Waals surface area contributed by atoms with Gasteiger partial charge in [0, 0.05) is 49.2 Å². The van der Waals surface area contributed by atoms with Gasteiger partial charge in [-0.05, 0) is 78.6 Å². The fourth-order valence-electron chi connectivity index (χ4n) is 8.75. The van der Waals surface area contributed by atoms with Crippen molar-refractivity contribution in [2.45, 2.75) is 52.4 Å². The molecule has 4 heterocycles. The zero-order chi connectivity index (χ0) is 31.7. The monoisotopic (exact) mass is 596 g/mol. The number of benzene rings is 5. The van der Waals surface area contributed by atoms with E-state index in [4.69, 9.17) is 0 Å². The summed E-state index contributed by atoms with van der Waals surface area (Å²) in [6.07, 6.45) is 4.38. The Labute approximate surface area is 269 Å². The van der Waals surface area contributed by atoms with E-state index in [0.29, 0.717) is 11.1 Å². The van der Waals surface area contributed by atoms with E-state index in [0.717, 1.165) is 21.8 Å². The Kier molecular flexibility index (Phi) is 5.31. The third-order valence-electron chi connectivity index (χ3n) is 11.0. The van der Waals surface area contributed by atoms with Crippen molar-refractivity contribution in [3.63, 3.8) is 0 Å². The van der Waals surface area contributed by atoms with Crippen LogP contribution >= 0.6 is 0 Å². The Balaban J connectivity index is 1.24. The zero-order valence-corrected chi connectivity index (χ0v) is 27.2. The summed E-state index contributed by atoms with van der Waals surface area (Å²) in [5, 5.41) is 4.62. The van der Waals surface area contributed by atoms with E-state index in [1.54, 1.807) is 0 Å². The van der Waals surface area contributed by atoms with Gasteiger partial charge in [0.05, 0.1) is 27.8 Å². The number of carbonyl (C=O) groups is 1. The SMILES string of the molecule is C/C=C\C1=C(C)n2c3ccc(C(=O)c4ccc5c(c4)c4cccc6c4n5-c4ccccc4C6(C)C)cc3c3cccc(c32)C1(C)C. The lowest BCUT2D eigenvalue weighted by atomic mass is 9.74. The third kappa shape index (κ3) is 3.25. The normalized spacial score (nSPS) is 16.3. The molecule has 0 spiro atoms. The molecule has 9 rings (SSSR count). The van der Waals surface area contributed by atoms with Crippen molar-refractivity contribution in [2.24, 2.45) is 0 Å². The second-order valence-electron chi connectivity index (χ2n) is 14.1. The van der Waals surface area contributed by atoms with Crippen LogP contribution < -0.4 is 0 Å². The molecule has 0 bridgehead atoms. The van der Waals surface area contributed by atoms with E-state index in [9.17, 15) is 4.79 Å². The lowest BCUT2D eigenvalue weighted by molar-refractivity contribution is 0.103. The van der Waals surface area contributed by atoms with E-state index in [2.05, 4.69) is 148 Å². The molecule has 0 atom stereocenters. The highest BCUT2D eigenvalue weighted by molar-refractivity contribution is 6.19. The number of rotatable bonds is 3. The molecule has 0 amide bonds. The number of aromatic nitrogens is 2. The van der Waals surface area contributed by atoms with E-state index in [1.165, 1.54) is 55.5 Å². The fourth-order valence-corrected chi connectivity index (χ4v) is 8.75. The van der Waals surface area contributed by atoms with Crippen LogP contribution in [0.4, 0.5) is 0 Å². The molecular formula is C43H36N2O. The quantitative estimate of drug-likeness (QED) is 0.186. The number of ketones is 1. The van der Waals surface area contributed by atoms with E-state index in [-0.39, 0.29) is 16.6 Å². The Morgan fingerprint density at radius 2 is 1.15 bits per heavy atom. The first-order chi connectivity index (χ1) is 22.1. The number of allylic oxidation sites excluding steroid dienone is 4. The zero-order valence-electron chi connectivity index (χ0n) is 27.2. The van der Waals surface area contributed by atoms with Crippen LogP contribution in [-0.2, 0) is 10.8 Å². The van der Waals surface area contributed by atoms with Gasteiger partial charge >= 0.3 is 0 Å². The Bertz CT molecular complexity index is 2560. The molecular weight excluding hydrogens is 560 g/mol. The maximum atomic E-state index is 14.3. The molecule has 0 N–H and O–H groups in total. The molecule has 7 aromatic rings. The van der Waals surface area contributed by atoms with Gasteiger partial charge in [0.25, 0.3) is 0 Å². The van der Waals surface area contributed by atoms with Gasteiger partial charge in [-0.3, -0.25) is 4.79 Å². The van der Waals surface area contributed by atoms with Crippen molar-refractivity contribution in [3.05, 3.63) is 143 Å². The summed E-state index contributed by atoms with van der Waals surface area (Å²) in [5.41, 5.74) is 13.7. The van der Waals surface area contributed by atoms with Gasteiger partial charge in [0.15, 0.2) is 5.78 Å². The Morgan fingerprint density at radius 1 is 0.609 bits per heavy atom. The highest BCUT2D eigenvalue weighted by Crippen LogP contribution is 2.49. The van der Waals surface area contributed by atoms with Gasteiger partial charge in [-0.15, -0.1) is 0 Å². The van der Waals surface area contributed by atoms with Crippen molar-refractivity contribution in [1.29, 1.82) is 0 Å². The van der Waals surface area contributed by atoms with Crippen molar-refractivity contribution >= 4 is 55.1 Å². The molecule has 2 aliphatic heterocycles. The lowest BCUT2D eigenvalue weighted by Gasteiger charge is -2.35. The molecule has 0 unspecified atom stereocenters. The number of para-hydroxylation sites is 3. The Hall–Kier alpha value is -5.15. The number of nitrogens with zero attached hydrogens (tertiary/aromatic N) is 2. The lowest BCUT2D eigenvalue weighted by Crippen LogP contribution is -2.26. The van der Waals surface area contributed by atoms with Crippen LogP contribution in [-0.4, -0.2) is 14.9 Å². The standard InChI is InChI=1S/C43H36N2O/c1-7-12-32-25(2)44-36-21-19-26(23-30(36)28-13-10-16-34(39(28)44)42(32,3)4)41(46)27-20-22-37-31(24-27)29-14-11-17-35-40(29)45(37)38-18-9-8-15-33(38)43(35,5)6/h7-24H,1-6H3/b12-7-. The van der Waals surface area contributed by atoms with Crippen LogP contribution in [0, 0.1) is 0 Å². The van der Waals surface area contributed by atoms with Crippen molar-refractivity contribution in [1.82, 2.24) is 9.13 Å². The predicted molar refractivity (Wildman–Crippen MR) is 193 cm³/mol. The molecule has 0 aliphatic carbocycles. The number of carbonyl (C=O) groups excluding carboxylic acids is 1. The highest BCUT2D eigenvalue weighted by atomic mass is 16.1. The van der Waals surface area contributed by atoms with Crippen LogP contribution in [0.5, 0.6) is 0 Å². The Morgan fingerprint density at radius 3 is 1.78 bits per heavy atom. The maximum Gasteiger partial charge on any atom is 0.193 e. The first kappa shape index (κ1) is 27.2. The van der Waals surface area contributed by atoms with E-state index >= 15 is 0 Å². The molecule has 0 saturated heterocycles. The molecule has 0 saturated carbocycles. The molecule has 0 fully saturated rings. The average molecular weight is 597 g/mol. The molecule has 3 heteroatoms. The highest BCUT2D eigenvalue weighted by Gasteiger charge is 2.36. The summed E-state index contributed by atoms with van der Waals surface area (Å²) in [7, 11) is 0. The largest absolute Gasteiger partial charge is 0.313 e. The molecule has 2 aromatic heterocycles. The van der Waals surface area contributed by atoms with Gasteiger partial charge in [-0.2, -0.15) is 0 Å². The smallest absolute Gasteiger partial charge is 0.193 e. The molecule has 0 radical (unpaired) electrons. The third-order valence-corrected chi connectivity index (χ3v) is 11.0. The summed E-state index contributed by atoms with van der Waals surface area (Å²) in [6, 6.07) is 34.5. The second kappa shape index (κ2) is 8.98. The van der Waals surface area contributed by atoms with Gasteiger partial charge in [-0.1, -0.05) is 94.4 Å². The molecule has 2 aliphatic rings. The van der Waals surface area contributed by atoms with E-state index < -0.39 is 0 Å². The summed E-state index contributed by atoms with van der Waals surface area (Å²) in [5.74, 6) is 0.0468. The number of hydrogen-bond donors (Lipinski definition) is 0. The van der Waals surface area contributed by atoms with Crippen molar-refractivity contribution in [3.8, 4) is 5.69 Å². The minimum atomic E-state index is -0.120. The summed E-state index contributed by atoms with van der Waals surface area (Å²) in [4.78, 5) is 14.3. The van der Waals surface area contributed by atoms with Gasteiger partial charge in [0.2, 0.25) is 0 Å². The summed E-state index contributed by atoms with van der Waals surface area (Å²) >= 11 is 0. The summed E-state index contributed by atoms with van der Waals surface area (Å²) in [6.45, 7) is 13.6. The predicted octanol–water partition coefficient (Wildman–Crippen LogP) is 10.9. The van der Waals surface area contributed by atoms with Gasteiger partial charge in [0.1, 0.15) is 0 Å². The average Bonchev–Trinajstić information content (AvgIpc) is 3.57. The molecule has 5 aromatic carbocycles. The minimum Gasteiger partial charge on any atom is -0.313 e. The van der Waals surface area contributed by atoms with Crippen LogP contribution in [0.3, 0.4) is 0 Å². The topological polar surface area (TPSA) is 26.9 Å². The van der Waals surface area contributed by atoms with Crippen LogP contribution in [0.1, 0.15) is 74.2 Å². The molecule has 224 valence electrons. The molecule has 3 nitrogen and oxygen atoms in total. The van der Waals surface area contributed by atoms with Crippen molar-refractivity contribution < 1.29 is 4.79 Å².